The van der Waals surface area contributed by atoms with Crippen LogP contribution in [-0.4, -0.2) is 10.9 Å². The third-order valence-corrected chi connectivity index (χ3v) is 4.31. The lowest BCUT2D eigenvalue weighted by Crippen LogP contribution is -2.14. The predicted molar refractivity (Wildman–Crippen MR) is 111 cm³/mol. The molecule has 27 heavy (non-hydrogen) atoms. The normalized spacial score (nSPS) is 10.6. The lowest BCUT2D eigenvalue weighted by molar-refractivity contribution is 0.102. The van der Waals surface area contributed by atoms with E-state index >= 15 is 0 Å². The van der Waals surface area contributed by atoms with E-state index in [-0.39, 0.29) is 5.91 Å². The van der Waals surface area contributed by atoms with Crippen LogP contribution in [0.2, 0.25) is 0 Å². The Morgan fingerprint density at radius 2 is 1.85 bits per heavy atom. The zero-order chi connectivity index (χ0) is 19.2. The molecule has 1 heterocycles. The van der Waals surface area contributed by atoms with Gasteiger partial charge < -0.3 is 16.4 Å². The molecule has 0 spiro atoms. The number of carbonyl (C=O) groups is 1. The first-order valence-electron chi connectivity index (χ1n) is 8.97. The molecule has 2 aromatic carbocycles. The van der Waals surface area contributed by atoms with Crippen molar-refractivity contribution in [3.63, 3.8) is 0 Å². The summed E-state index contributed by atoms with van der Waals surface area (Å²) >= 11 is 0. The second kappa shape index (κ2) is 8.36. The number of aromatic nitrogens is 1. The Balaban J connectivity index is 1.70. The summed E-state index contributed by atoms with van der Waals surface area (Å²) in [6.45, 7) is 4.82. The van der Waals surface area contributed by atoms with Crippen molar-refractivity contribution >= 4 is 23.1 Å². The van der Waals surface area contributed by atoms with Crippen molar-refractivity contribution in [2.24, 2.45) is 0 Å². The maximum Gasteiger partial charge on any atom is 0.255 e. The Hall–Kier alpha value is -3.34. The molecule has 0 saturated carbocycles. The van der Waals surface area contributed by atoms with Gasteiger partial charge in [0, 0.05) is 24.0 Å². The van der Waals surface area contributed by atoms with E-state index in [1.165, 1.54) is 5.56 Å². The van der Waals surface area contributed by atoms with Crippen LogP contribution in [0.25, 0.3) is 0 Å². The van der Waals surface area contributed by atoms with Crippen molar-refractivity contribution in [2.75, 3.05) is 16.4 Å². The first kappa shape index (κ1) is 18.5. The number of nitrogens with zero attached hydrogens (tertiary/aromatic N) is 1. The summed E-state index contributed by atoms with van der Waals surface area (Å²) in [6, 6.07) is 18.9. The SMILES string of the molecule is CC(C)c1ccc(C(=O)Nc2cccnc2NCc2cccc(N)c2)cc1. The van der Waals surface area contributed by atoms with E-state index in [0.29, 0.717) is 35.2 Å². The van der Waals surface area contributed by atoms with E-state index in [2.05, 4.69) is 29.5 Å². The highest BCUT2D eigenvalue weighted by Gasteiger charge is 2.10. The van der Waals surface area contributed by atoms with Crippen LogP contribution in [0.1, 0.15) is 41.3 Å². The van der Waals surface area contributed by atoms with Gasteiger partial charge >= 0.3 is 0 Å². The zero-order valence-electron chi connectivity index (χ0n) is 15.6. The average molecular weight is 360 g/mol. The lowest BCUT2D eigenvalue weighted by Gasteiger charge is -2.13. The van der Waals surface area contributed by atoms with Gasteiger partial charge in [0.05, 0.1) is 5.69 Å². The number of benzene rings is 2. The maximum absolute atomic E-state index is 12.6. The van der Waals surface area contributed by atoms with E-state index < -0.39 is 0 Å². The van der Waals surface area contributed by atoms with Gasteiger partial charge in [-0.3, -0.25) is 4.79 Å². The van der Waals surface area contributed by atoms with Crippen LogP contribution < -0.4 is 16.4 Å². The largest absolute Gasteiger partial charge is 0.399 e. The van der Waals surface area contributed by atoms with Crippen molar-refractivity contribution in [3.05, 3.63) is 83.6 Å². The Bertz CT molecular complexity index is 920. The van der Waals surface area contributed by atoms with Crippen molar-refractivity contribution < 1.29 is 4.79 Å². The Labute approximate surface area is 159 Å². The number of nitrogens with two attached hydrogens (primary N) is 1. The van der Waals surface area contributed by atoms with Gasteiger partial charge in [0.15, 0.2) is 0 Å². The molecule has 0 bridgehead atoms. The van der Waals surface area contributed by atoms with Gasteiger partial charge in [-0.05, 0) is 53.4 Å². The van der Waals surface area contributed by atoms with Gasteiger partial charge in [-0.25, -0.2) is 4.98 Å². The van der Waals surface area contributed by atoms with Crippen LogP contribution in [0, 0.1) is 0 Å². The number of carbonyl (C=O) groups excluding carboxylic acids is 1. The summed E-state index contributed by atoms with van der Waals surface area (Å²) in [5, 5.41) is 6.19. The summed E-state index contributed by atoms with van der Waals surface area (Å²) in [4.78, 5) is 16.9. The molecule has 0 atom stereocenters. The second-order valence-corrected chi connectivity index (χ2v) is 6.73. The van der Waals surface area contributed by atoms with Crippen LogP contribution in [0.4, 0.5) is 17.2 Å². The summed E-state index contributed by atoms with van der Waals surface area (Å²) < 4.78 is 0. The molecule has 0 fully saturated rings. The number of rotatable bonds is 6. The molecule has 0 aliphatic heterocycles. The summed E-state index contributed by atoms with van der Waals surface area (Å²) in [5.74, 6) is 0.889. The number of amides is 1. The molecular weight excluding hydrogens is 336 g/mol. The number of nitrogens with one attached hydrogen (secondary N) is 2. The van der Waals surface area contributed by atoms with Crippen molar-refractivity contribution in [3.8, 4) is 0 Å². The van der Waals surface area contributed by atoms with Gasteiger partial charge in [-0.1, -0.05) is 38.1 Å². The van der Waals surface area contributed by atoms with Crippen LogP contribution in [-0.2, 0) is 6.54 Å². The average Bonchev–Trinajstić information content (AvgIpc) is 2.67. The summed E-state index contributed by atoms with van der Waals surface area (Å²) in [7, 11) is 0. The first-order valence-corrected chi connectivity index (χ1v) is 8.97. The molecule has 1 aromatic heterocycles. The van der Waals surface area contributed by atoms with E-state index in [9.17, 15) is 4.79 Å². The Kier molecular flexibility index (Phi) is 5.71. The molecule has 138 valence electrons. The maximum atomic E-state index is 12.6. The molecular formula is C22H24N4O. The third kappa shape index (κ3) is 4.85. The van der Waals surface area contributed by atoms with E-state index in [1.807, 2.05) is 54.6 Å². The second-order valence-electron chi connectivity index (χ2n) is 6.73. The highest BCUT2D eigenvalue weighted by molar-refractivity contribution is 6.05. The van der Waals surface area contributed by atoms with Gasteiger partial charge in [0.25, 0.3) is 5.91 Å². The fourth-order valence-corrected chi connectivity index (χ4v) is 2.75. The summed E-state index contributed by atoms with van der Waals surface area (Å²) in [6.07, 6.45) is 1.69. The highest BCUT2D eigenvalue weighted by Crippen LogP contribution is 2.21. The van der Waals surface area contributed by atoms with Crippen LogP contribution in [0.15, 0.2) is 66.9 Å². The van der Waals surface area contributed by atoms with Crippen LogP contribution >= 0.6 is 0 Å². The lowest BCUT2D eigenvalue weighted by atomic mass is 10.0. The molecule has 0 aliphatic carbocycles. The molecule has 5 nitrogen and oxygen atoms in total. The van der Waals surface area contributed by atoms with Gasteiger partial charge in [-0.15, -0.1) is 0 Å². The third-order valence-electron chi connectivity index (χ3n) is 4.31. The molecule has 5 heteroatoms. The topological polar surface area (TPSA) is 80.0 Å². The fraction of sp³-hybridized carbons (Fsp3) is 0.182. The van der Waals surface area contributed by atoms with Gasteiger partial charge in [0.1, 0.15) is 5.82 Å². The standard InChI is InChI=1S/C22H24N4O/c1-15(2)17-8-10-18(11-9-17)22(27)26-20-7-4-12-24-21(20)25-14-16-5-3-6-19(23)13-16/h3-13,15H,14,23H2,1-2H3,(H,24,25)(H,26,27). The molecule has 3 rings (SSSR count). The van der Waals surface area contributed by atoms with Gasteiger partial charge in [0.2, 0.25) is 0 Å². The molecule has 0 radical (unpaired) electrons. The predicted octanol–water partition coefficient (Wildman–Crippen LogP) is 4.65. The number of hydrogen-bond donors (Lipinski definition) is 3. The minimum absolute atomic E-state index is 0.162. The molecule has 4 N–H and O–H groups in total. The number of pyridine rings is 1. The van der Waals surface area contributed by atoms with Crippen LogP contribution in [0.3, 0.4) is 0 Å². The van der Waals surface area contributed by atoms with Crippen molar-refractivity contribution in [1.29, 1.82) is 0 Å². The highest BCUT2D eigenvalue weighted by atomic mass is 16.1. The van der Waals surface area contributed by atoms with E-state index in [4.69, 9.17) is 5.73 Å². The number of hydrogen-bond acceptors (Lipinski definition) is 4. The zero-order valence-corrected chi connectivity index (χ0v) is 15.6. The molecule has 1 amide bonds. The first-order chi connectivity index (χ1) is 13.0. The summed E-state index contributed by atoms with van der Waals surface area (Å²) in [5.41, 5.74) is 10.0. The van der Waals surface area contributed by atoms with E-state index in [1.54, 1.807) is 12.3 Å². The minimum atomic E-state index is -0.162. The van der Waals surface area contributed by atoms with E-state index in [0.717, 1.165) is 5.56 Å². The molecule has 0 aliphatic rings. The quantitative estimate of drug-likeness (QED) is 0.559. The van der Waals surface area contributed by atoms with Crippen LogP contribution in [0.5, 0.6) is 0 Å². The van der Waals surface area contributed by atoms with Gasteiger partial charge in [-0.2, -0.15) is 0 Å². The monoisotopic (exact) mass is 360 g/mol. The number of nitrogen functional groups attached to an aromatic ring is 1. The molecule has 3 aromatic rings. The Morgan fingerprint density at radius 1 is 1.07 bits per heavy atom. The molecule has 0 unspecified atom stereocenters. The van der Waals surface area contributed by atoms with Crippen molar-refractivity contribution in [1.82, 2.24) is 4.98 Å². The minimum Gasteiger partial charge on any atom is -0.399 e. The smallest absolute Gasteiger partial charge is 0.255 e. The fourth-order valence-electron chi connectivity index (χ4n) is 2.75. The van der Waals surface area contributed by atoms with Crippen molar-refractivity contribution in [2.45, 2.75) is 26.3 Å². The number of anilines is 3. The Morgan fingerprint density at radius 3 is 2.56 bits per heavy atom. The molecule has 0 saturated heterocycles.